The van der Waals surface area contributed by atoms with Gasteiger partial charge in [-0.3, -0.25) is 15.2 Å². The first-order valence-corrected chi connectivity index (χ1v) is 7.23. The van der Waals surface area contributed by atoms with Gasteiger partial charge in [-0.2, -0.15) is 0 Å². The van der Waals surface area contributed by atoms with Gasteiger partial charge in [-0.25, -0.2) is 5.43 Å². The van der Waals surface area contributed by atoms with Crippen molar-refractivity contribution in [1.29, 1.82) is 0 Å². The molecule has 0 unspecified atom stereocenters. The number of rotatable bonds is 2. The molecule has 5 heteroatoms. The van der Waals surface area contributed by atoms with Crippen molar-refractivity contribution in [2.75, 3.05) is 12.0 Å². The molecule has 1 aliphatic heterocycles. The molecule has 4 fully saturated rings. The van der Waals surface area contributed by atoms with Crippen LogP contribution in [0.15, 0.2) is 24.5 Å². The first kappa shape index (κ1) is 11.6. The third kappa shape index (κ3) is 2.02. The quantitative estimate of drug-likeness (QED) is 0.853. The monoisotopic (exact) mass is 260 g/mol. The van der Waals surface area contributed by atoms with Crippen LogP contribution in [0, 0.1) is 11.8 Å². The van der Waals surface area contributed by atoms with E-state index in [2.05, 4.69) is 15.8 Å². The Hall–Kier alpha value is -1.17. The van der Waals surface area contributed by atoms with Gasteiger partial charge >= 0.3 is 0 Å². The number of hydrazine groups is 2. The van der Waals surface area contributed by atoms with Crippen molar-refractivity contribution in [2.24, 2.45) is 11.8 Å². The molecule has 1 aromatic heterocycles. The number of hydrogen-bond donors (Lipinski definition) is 2. The summed E-state index contributed by atoms with van der Waals surface area (Å²) in [5.74, 6) is 1.59. The van der Waals surface area contributed by atoms with Gasteiger partial charge in [-0.05, 0) is 61.4 Å². The maximum Gasteiger partial charge on any atom is 0.111 e. The molecule has 1 spiro atoms. The lowest BCUT2D eigenvalue weighted by molar-refractivity contribution is -0.235. The topological polar surface area (TPSA) is 49.4 Å². The number of pyridine rings is 1. The predicted molar refractivity (Wildman–Crippen MR) is 71.6 cm³/mol. The lowest BCUT2D eigenvalue weighted by atomic mass is 9.62. The molecule has 19 heavy (non-hydrogen) atoms. The van der Waals surface area contributed by atoms with Gasteiger partial charge in [0.05, 0.1) is 5.69 Å². The Balaban J connectivity index is 1.45. The minimum atomic E-state index is 0.0290. The van der Waals surface area contributed by atoms with Gasteiger partial charge in [0.15, 0.2) is 0 Å². The Bertz CT molecular complexity index is 446. The third-order valence-electron chi connectivity index (χ3n) is 4.93. The maximum atomic E-state index is 6.22. The molecular formula is C14H20N4O. The highest BCUT2D eigenvalue weighted by Gasteiger charge is 2.52. The van der Waals surface area contributed by atoms with Crippen LogP contribution in [0.3, 0.4) is 0 Å². The second-order valence-electron chi connectivity index (χ2n) is 6.05. The highest BCUT2D eigenvalue weighted by molar-refractivity contribution is 5.39. The summed E-state index contributed by atoms with van der Waals surface area (Å²) in [6.45, 7) is 0.923. The lowest BCUT2D eigenvalue weighted by Crippen LogP contribution is -2.50. The van der Waals surface area contributed by atoms with Crippen molar-refractivity contribution in [3.05, 3.63) is 24.5 Å². The zero-order chi connectivity index (χ0) is 12.7. The smallest absolute Gasteiger partial charge is 0.111 e. The van der Waals surface area contributed by atoms with Crippen LogP contribution in [0.25, 0.3) is 0 Å². The number of nitrogens with one attached hydrogen (secondary N) is 2. The molecule has 0 aromatic carbocycles. The molecule has 3 saturated carbocycles. The Kier molecular flexibility index (Phi) is 2.72. The molecule has 102 valence electrons. The first-order chi connectivity index (χ1) is 9.34. The average Bonchev–Trinajstić information content (AvgIpc) is 2.84. The second-order valence-corrected chi connectivity index (χ2v) is 6.05. The van der Waals surface area contributed by atoms with Crippen LogP contribution >= 0.6 is 0 Å². The van der Waals surface area contributed by atoms with Crippen LogP contribution in [0.2, 0.25) is 0 Å². The highest BCUT2D eigenvalue weighted by Crippen LogP contribution is 2.50. The molecule has 4 aliphatic rings. The molecule has 3 aliphatic carbocycles. The maximum absolute atomic E-state index is 6.22. The highest BCUT2D eigenvalue weighted by atomic mass is 16.8. The molecule has 5 nitrogen and oxygen atoms in total. The zero-order valence-electron chi connectivity index (χ0n) is 11.0. The summed E-state index contributed by atoms with van der Waals surface area (Å²) in [6, 6.07) is 3.87. The third-order valence-corrected chi connectivity index (χ3v) is 4.93. The number of nitrogens with zero attached hydrogens (tertiary/aromatic N) is 2. The molecule has 2 N–H and O–H groups in total. The minimum absolute atomic E-state index is 0.0290. The van der Waals surface area contributed by atoms with Crippen molar-refractivity contribution < 1.29 is 4.84 Å². The van der Waals surface area contributed by atoms with Gasteiger partial charge in [-0.1, -0.05) is 0 Å². The lowest BCUT2D eigenvalue weighted by Gasteiger charge is -2.47. The van der Waals surface area contributed by atoms with Crippen LogP contribution in [-0.2, 0) is 4.84 Å². The van der Waals surface area contributed by atoms with E-state index < -0.39 is 0 Å². The normalized spacial score (nSPS) is 37.9. The largest absolute Gasteiger partial charge is 0.282 e. The van der Waals surface area contributed by atoms with E-state index in [0.717, 1.165) is 18.2 Å². The van der Waals surface area contributed by atoms with Crippen molar-refractivity contribution >= 4 is 5.69 Å². The molecule has 1 aromatic rings. The Labute approximate surface area is 113 Å². The summed E-state index contributed by atoms with van der Waals surface area (Å²) in [5, 5.41) is 1.69. The Morgan fingerprint density at radius 2 is 2.05 bits per heavy atom. The van der Waals surface area contributed by atoms with Crippen molar-refractivity contribution in [1.82, 2.24) is 15.7 Å². The van der Waals surface area contributed by atoms with E-state index >= 15 is 0 Å². The SMILES string of the molecule is c1cc(NN2NC[C@]3(CC4CCC3CC4)O2)ccn1. The summed E-state index contributed by atoms with van der Waals surface area (Å²) in [6.07, 6.45) is 10.2. The van der Waals surface area contributed by atoms with Crippen LogP contribution in [0.4, 0.5) is 5.69 Å². The summed E-state index contributed by atoms with van der Waals surface area (Å²) in [5.41, 5.74) is 7.58. The summed E-state index contributed by atoms with van der Waals surface area (Å²) in [4.78, 5) is 10.2. The van der Waals surface area contributed by atoms with Gasteiger partial charge in [0.25, 0.3) is 0 Å². The average molecular weight is 260 g/mol. The summed E-state index contributed by atoms with van der Waals surface area (Å²) >= 11 is 0. The molecule has 0 radical (unpaired) electrons. The van der Waals surface area contributed by atoms with Crippen molar-refractivity contribution in [3.8, 4) is 0 Å². The predicted octanol–water partition coefficient (Wildman–Crippen LogP) is 2.11. The minimum Gasteiger partial charge on any atom is -0.282 e. The van der Waals surface area contributed by atoms with Gasteiger partial charge in [0.1, 0.15) is 5.60 Å². The molecule has 2 bridgehead atoms. The molecule has 1 atom stereocenters. The van der Waals surface area contributed by atoms with E-state index in [-0.39, 0.29) is 5.60 Å². The first-order valence-electron chi connectivity index (χ1n) is 7.23. The number of anilines is 1. The summed E-state index contributed by atoms with van der Waals surface area (Å²) in [7, 11) is 0. The zero-order valence-corrected chi connectivity index (χ0v) is 11.0. The number of hydrogen-bond acceptors (Lipinski definition) is 5. The van der Waals surface area contributed by atoms with E-state index in [0.29, 0.717) is 5.92 Å². The Morgan fingerprint density at radius 3 is 2.74 bits per heavy atom. The molecule has 1 saturated heterocycles. The van der Waals surface area contributed by atoms with Gasteiger partial charge in [0, 0.05) is 18.9 Å². The van der Waals surface area contributed by atoms with Crippen molar-refractivity contribution in [3.63, 3.8) is 0 Å². The molecule has 2 heterocycles. The fraction of sp³-hybridized carbons (Fsp3) is 0.643. The van der Waals surface area contributed by atoms with Crippen LogP contribution in [0.5, 0.6) is 0 Å². The molecule has 5 rings (SSSR count). The van der Waals surface area contributed by atoms with Crippen LogP contribution in [0.1, 0.15) is 32.1 Å². The van der Waals surface area contributed by atoms with Gasteiger partial charge in [0.2, 0.25) is 0 Å². The standard InChI is InChI=1S/C14H20N4O/c1-3-12-4-2-11(1)9-14(12)10-16-18(19-14)17-13-5-7-15-8-6-13/h5-8,11-12,16H,1-4,9-10H2,(H,15,17)/t11?,12?,14-/m0/s1. The number of aromatic nitrogens is 1. The molecular weight excluding hydrogens is 240 g/mol. The molecule has 0 amide bonds. The van der Waals surface area contributed by atoms with Crippen molar-refractivity contribution in [2.45, 2.75) is 37.7 Å². The summed E-state index contributed by atoms with van der Waals surface area (Å²) < 4.78 is 0. The fourth-order valence-corrected chi connectivity index (χ4v) is 3.93. The Morgan fingerprint density at radius 1 is 1.26 bits per heavy atom. The second kappa shape index (κ2) is 4.44. The van der Waals surface area contributed by atoms with Crippen LogP contribution in [-0.4, -0.2) is 22.4 Å². The van der Waals surface area contributed by atoms with E-state index in [1.54, 1.807) is 17.7 Å². The van der Waals surface area contributed by atoms with E-state index in [9.17, 15) is 0 Å². The van der Waals surface area contributed by atoms with Crippen LogP contribution < -0.4 is 10.9 Å². The number of fused-ring (bicyclic) bond motifs is 2. The van der Waals surface area contributed by atoms with Gasteiger partial charge < -0.3 is 0 Å². The van der Waals surface area contributed by atoms with Gasteiger partial charge in [-0.15, -0.1) is 0 Å². The van der Waals surface area contributed by atoms with E-state index in [4.69, 9.17) is 4.84 Å². The fourth-order valence-electron chi connectivity index (χ4n) is 3.93. The van der Waals surface area contributed by atoms with E-state index in [1.165, 1.54) is 32.1 Å². The van der Waals surface area contributed by atoms with E-state index in [1.807, 2.05) is 12.1 Å².